The van der Waals surface area contributed by atoms with Crippen molar-refractivity contribution in [1.29, 1.82) is 10.5 Å². The van der Waals surface area contributed by atoms with E-state index in [1.165, 1.54) is 12.1 Å². The second-order valence-corrected chi connectivity index (χ2v) is 4.37. The van der Waals surface area contributed by atoms with E-state index in [-0.39, 0.29) is 17.6 Å². The summed E-state index contributed by atoms with van der Waals surface area (Å²) in [6, 6.07) is 7.45. The number of nitrogens with zero attached hydrogens (tertiary/aromatic N) is 3. The van der Waals surface area contributed by atoms with E-state index < -0.39 is 5.82 Å². The molecule has 108 valence electrons. The third kappa shape index (κ3) is 4.16. The lowest BCUT2D eigenvalue weighted by Gasteiger charge is -2.23. The van der Waals surface area contributed by atoms with Crippen LogP contribution in [0.3, 0.4) is 0 Å². The number of benzene rings is 1. The van der Waals surface area contributed by atoms with Crippen molar-refractivity contribution in [2.24, 2.45) is 5.10 Å². The van der Waals surface area contributed by atoms with E-state index in [1.54, 1.807) is 18.2 Å². The molecule has 0 aromatic heterocycles. The van der Waals surface area contributed by atoms with E-state index in [2.05, 4.69) is 10.5 Å². The quantitative estimate of drug-likeness (QED) is 0.677. The molecule has 1 fully saturated rings. The summed E-state index contributed by atoms with van der Waals surface area (Å²) in [6.07, 6.45) is 1.42. The van der Waals surface area contributed by atoms with Gasteiger partial charge in [0.2, 0.25) is 5.71 Å². The largest absolute Gasteiger partial charge is 0.487 e. The average molecular weight is 288 g/mol. The molecular formula is C14H13FN4O2. The number of nitriles is 2. The third-order valence-electron chi connectivity index (χ3n) is 2.90. The van der Waals surface area contributed by atoms with E-state index in [0.717, 1.165) is 12.8 Å². The van der Waals surface area contributed by atoms with Gasteiger partial charge in [-0.05, 0) is 12.1 Å². The highest BCUT2D eigenvalue weighted by Gasteiger charge is 2.17. The predicted octanol–water partition coefficient (Wildman–Crippen LogP) is 2.20. The zero-order valence-electron chi connectivity index (χ0n) is 11.2. The van der Waals surface area contributed by atoms with Crippen molar-refractivity contribution in [1.82, 2.24) is 0 Å². The highest BCUT2D eigenvalue weighted by atomic mass is 19.1. The van der Waals surface area contributed by atoms with Crippen LogP contribution in [-0.2, 0) is 4.74 Å². The topological polar surface area (TPSA) is 90.4 Å². The predicted molar refractivity (Wildman–Crippen MR) is 73.2 cm³/mol. The molecule has 0 unspecified atom stereocenters. The van der Waals surface area contributed by atoms with Crippen molar-refractivity contribution in [2.45, 2.75) is 18.9 Å². The smallest absolute Gasteiger partial charge is 0.237 e. The summed E-state index contributed by atoms with van der Waals surface area (Å²) < 4.78 is 24.7. The summed E-state index contributed by atoms with van der Waals surface area (Å²) in [5, 5.41) is 20.6. The normalized spacial score (nSPS) is 14.6. The molecule has 0 aliphatic carbocycles. The lowest BCUT2D eigenvalue weighted by atomic mass is 10.1. The second-order valence-electron chi connectivity index (χ2n) is 4.37. The minimum atomic E-state index is -0.530. The summed E-state index contributed by atoms with van der Waals surface area (Å²) in [5.74, 6) is -0.366. The Morgan fingerprint density at radius 3 is 2.67 bits per heavy atom. The molecule has 0 spiro atoms. The molecule has 0 atom stereocenters. The molecule has 1 aliphatic rings. The van der Waals surface area contributed by atoms with Gasteiger partial charge in [-0.25, -0.2) is 4.39 Å². The fourth-order valence-corrected chi connectivity index (χ4v) is 1.83. The standard InChI is InChI=1S/C14H13FN4O2/c15-13-7-10(18-19-11(8-16)9-17)1-2-14(13)21-12-3-5-20-6-4-12/h1-2,7,12,18H,3-6H2. The second kappa shape index (κ2) is 7.22. The van der Waals surface area contributed by atoms with Gasteiger partial charge in [0, 0.05) is 18.9 Å². The first-order valence-corrected chi connectivity index (χ1v) is 6.41. The van der Waals surface area contributed by atoms with Crippen LogP contribution in [0.25, 0.3) is 0 Å². The Labute approximate surface area is 121 Å². The van der Waals surface area contributed by atoms with Crippen LogP contribution in [0.2, 0.25) is 0 Å². The maximum Gasteiger partial charge on any atom is 0.237 e. The lowest BCUT2D eigenvalue weighted by molar-refractivity contribution is 0.0240. The number of halogens is 1. The van der Waals surface area contributed by atoms with Gasteiger partial charge in [-0.15, -0.1) is 0 Å². The van der Waals surface area contributed by atoms with E-state index in [0.29, 0.717) is 18.9 Å². The summed E-state index contributed by atoms with van der Waals surface area (Å²) in [6.45, 7) is 1.23. The molecule has 0 saturated carbocycles. The van der Waals surface area contributed by atoms with Crippen LogP contribution >= 0.6 is 0 Å². The van der Waals surface area contributed by atoms with Crippen LogP contribution < -0.4 is 10.2 Å². The van der Waals surface area contributed by atoms with Gasteiger partial charge in [-0.2, -0.15) is 15.6 Å². The zero-order valence-corrected chi connectivity index (χ0v) is 11.2. The molecule has 1 N–H and O–H groups in total. The van der Waals surface area contributed by atoms with Crippen molar-refractivity contribution in [3.8, 4) is 17.9 Å². The van der Waals surface area contributed by atoms with Gasteiger partial charge in [0.05, 0.1) is 18.9 Å². The van der Waals surface area contributed by atoms with Crippen molar-refractivity contribution in [3.05, 3.63) is 24.0 Å². The number of ether oxygens (including phenoxy) is 2. The number of hydrazone groups is 1. The van der Waals surface area contributed by atoms with Gasteiger partial charge in [0.1, 0.15) is 18.2 Å². The first-order valence-electron chi connectivity index (χ1n) is 6.41. The van der Waals surface area contributed by atoms with Crippen LogP contribution in [0.15, 0.2) is 23.3 Å². The van der Waals surface area contributed by atoms with Crippen molar-refractivity contribution in [2.75, 3.05) is 18.6 Å². The van der Waals surface area contributed by atoms with Crippen LogP contribution in [0.4, 0.5) is 10.1 Å². The Morgan fingerprint density at radius 2 is 2.05 bits per heavy atom. The Balaban J connectivity index is 2.02. The molecule has 0 radical (unpaired) electrons. The zero-order chi connectivity index (χ0) is 15.1. The fourth-order valence-electron chi connectivity index (χ4n) is 1.83. The molecule has 7 heteroatoms. The van der Waals surface area contributed by atoms with Gasteiger partial charge < -0.3 is 9.47 Å². The van der Waals surface area contributed by atoms with Crippen molar-refractivity contribution in [3.63, 3.8) is 0 Å². The Morgan fingerprint density at radius 1 is 1.33 bits per heavy atom. The fraction of sp³-hybridized carbons (Fsp3) is 0.357. The van der Waals surface area contributed by atoms with E-state index in [4.69, 9.17) is 20.0 Å². The van der Waals surface area contributed by atoms with E-state index >= 15 is 0 Å². The molecule has 1 aliphatic heterocycles. The highest BCUT2D eigenvalue weighted by molar-refractivity contribution is 6.10. The van der Waals surface area contributed by atoms with Crippen LogP contribution in [0.5, 0.6) is 5.75 Å². The Hall–Kier alpha value is -2.64. The summed E-state index contributed by atoms with van der Waals surface area (Å²) >= 11 is 0. The van der Waals surface area contributed by atoms with Crippen LogP contribution in [0.1, 0.15) is 12.8 Å². The SMILES string of the molecule is N#CC(C#N)=NNc1ccc(OC2CCOCC2)c(F)c1. The third-order valence-corrected chi connectivity index (χ3v) is 2.90. The van der Waals surface area contributed by atoms with Gasteiger partial charge in [-0.3, -0.25) is 5.43 Å². The number of nitrogens with one attached hydrogen (secondary N) is 1. The summed E-state index contributed by atoms with van der Waals surface area (Å²) in [7, 11) is 0. The molecule has 0 bridgehead atoms. The number of hydrogen-bond donors (Lipinski definition) is 1. The van der Waals surface area contributed by atoms with Crippen LogP contribution in [-0.4, -0.2) is 25.0 Å². The maximum absolute atomic E-state index is 13.9. The minimum absolute atomic E-state index is 0.0474. The van der Waals surface area contributed by atoms with Crippen molar-refractivity contribution < 1.29 is 13.9 Å². The summed E-state index contributed by atoms with van der Waals surface area (Å²) in [4.78, 5) is 0. The van der Waals surface area contributed by atoms with Gasteiger partial charge in [0.15, 0.2) is 11.6 Å². The van der Waals surface area contributed by atoms with Gasteiger partial charge in [0.25, 0.3) is 0 Å². The molecule has 6 nitrogen and oxygen atoms in total. The van der Waals surface area contributed by atoms with Crippen LogP contribution in [0, 0.1) is 28.5 Å². The molecular weight excluding hydrogens is 275 g/mol. The van der Waals surface area contributed by atoms with Crippen molar-refractivity contribution >= 4 is 11.4 Å². The molecule has 1 saturated heterocycles. The summed E-state index contributed by atoms with van der Waals surface area (Å²) in [5.41, 5.74) is 2.44. The minimum Gasteiger partial charge on any atom is -0.487 e. The number of anilines is 1. The molecule has 0 amide bonds. The molecule has 1 aromatic rings. The van der Waals surface area contributed by atoms with E-state index in [1.807, 2.05) is 0 Å². The molecule has 1 aromatic carbocycles. The van der Waals surface area contributed by atoms with E-state index in [9.17, 15) is 4.39 Å². The average Bonchev–Trinajstić information content (AvgIpc) is 2.52. The molecule has 2 rings (SSSR count). The monoisotopic (exact) mass is 288 g/mol. The lowest BCUT2D eigenvalue weighted by Crippen LogP contribution is -2.26. The highest BCUT2D eigenvalue weighted by Crippen LogP contribution is 2.24. The Bertz CT molecular complexity index is 596. The maximum atomic E-state index is 13.9. The first kappa shape index (κ1) is 14.8. The number of rotatable bonds is 4. The number of hydrogen-bond acceptors (Lipinski definition) is 6. The molecule has 1 heterocycles. The first-order chi connectivity index (χ1) is 10.2. The Kier molecular flexibility index (Phi) is 5.08. The van der Waals surface area contributed by atoms with Gasteiger partial charge in [-0.1, -0.05) is 0 Å². The molecule has 21 heavy (non-hydrogen) atoms. The van der Waals surface area contributed by atoms with Gasteiger partial charge >= 0.3 is 0 Å².